The molecular weight excluding hydrogens is 240 g/mol. The lowest BCUT2D eigenvalue weighted by Gasteiger charge is -2.28. The third-order valence-corrected chi connectivity index (χ3v) is 6.15. The van der Waals surface area contributed by atoms with Crippen molar-refractivity contribution in [2.75, 3.05) is 26.7 Å². The Hall–Kier alpha value is -0.610. The molecule has 4 aliphatic rings. The minimum Gasteiger partial charge on any atom is -0.387 e. The summed E-state index contributed by atoms with van der Waals surface area (Å²) in [4.78, 5) is 14.4. The van der Waals surface area contributed by atoms with Crippen LogP contribution < -0.4 is 5.32 Å². The third kappa shape index (κ3) is 1.76. The Balaban J connectivity index is 1.39. The van der Waals surface area contributed by atoms with Gasteiger partial charge in [0.25, 0.3) is 0 Å². The molecule has 1 amide bonds. The van der Waals surface area contributed by atoms with E-state index in [0.29, 0.717) is 36.8 Å². The number of carbonyl (C=O) groups excluding carboxylic acids is 1. The molecule has 0 aromatic carbocycles. The van der Waals surface area contributed by atoms with Crippen LogP contribution in [0, 0.1) is 29.6 Å². The van der Waals surface area contributed by atoms with E-state index in [1.54, 1.807) is 4.90 Å². The van der Waals surface area contributed by atoms with Gasteiger partial charge in [-0.25, -0.2) is 0 Å². The maximum Gasteiger partial charge on any atom is 0.226 e. The maximum atomic E-state index is 12.6. The summed E-state index contributed by atoms with van der Waals surface area (Å²) in [6, 6.07) is 0. The SMILES string of the molecule is CN(CC1(O)CCNC1)C(=O)C1C2C3CCC(C3)C12. The first-order valence-electron chi connectivity index (χ1n) is 7.77. The first kappa shape index (κ1) is 12.2. The van der Waals surface area contributed by atoms with Gasteiger partial charge in [-0.1, -0.05) is 0 Å². The predicted molar refractivity (Wildman–Crippen MR) is 71.4 cm³/mol. The summed E-state index contributed by atoms with van der Waals surface area (Å²) in [5.74, 6) is 3.68. The van der Waals surface area contributed by atoms with Crippen molar-refractivity contribution >= 4 is 5.91 Å². The molecule has 3 saturated carbocycles. The standard InChI is InChI=1S/C15H24N2O2/c1-17(8-15(19)4-5-16-7-15)14(18)13-11-9-2-3-10(6-9)12(11)13/h9-13,16,19H,2-8H2,1H3. The highest BCUT2D eigenvalue weighted by Crippen LogP contribution is 2.69. The van der Waals surface area contributed by atoms with Crippen molar-refractivity contribution in [1.29, 1.82) is 0 Å². The quantitative estimate of drug-likeness (QED) is 0.779. The number of hydrogen-bond donors (Lipinski definition) is 2. The van der Waals surface area contributed by atoms with E-state index in [1.807, 2.05) is 7.05 Å². The van der Waals surface area contributed by atoms with Crippen LogP contribution in [0.4, 0.5) is 0 Å². The fraction of sp³-hybridized carbons (Fsp3) is 0.933. The van der Waals surface area contributed by atoms with Crippen molar-refractivity contribution in [3.63, 3.8) is 0 Å². The summed E-state index contributed by atoms with van der Waals surface area (Å²) in [6.45, 7) is 1.97. The Morgan fingerprint density at radius 1 is 1.37 bits per heavy atom. The zero-order valence-electron chi connectivity index (χ0n) is 11.6. The number of carbonyl (C=O) groups is 1. The number of β-amino-alcohol motifs (C(OH)–C–C–N with tert-alkyl or cyclic N) is 1. The first-order valence-corrected chi connectivity index (χ1v) is 7.77. The van der Waals surface area contributed by atoms with Gasteiger partial charge in [-0.05, 0) is 55.9 Å². The highest BCUT2D eigenvalue weighted by atomic mass is 16.3. The summed E-state index contributed by atoms with van der Waals surface area (Å²) in [6.07, 6.45) is 4.85. The molecule has 106 valence electrons. The number of fused-ring (bicyclic) bond motifs is 5. The molecule has 0 spiro atoms. The summed E-state index contributed by atoms with van der Waals surface area (Å²) in [7, 11) is 1.87. The summed E-state index contributed by atoms with van der Waals surface area (Å²) in [5, 5.41) is 13.6. The van der Waals surface area contributed by atoms with Gasteiger partial charge in [-0.3, -0.25) is 4.79 Å². The zero-order chi connectivity index (χ0) is 13.2. The fourth-order valence-electron chi connectivity index (χ4n) is 5.29. The molecule has 1 saturated heterocycles. The molecule has 1 aliphatic heterocycles. The van der Waals surface area contributed by atoms with E-state index in [4.69, 9.17) is 0 Å². The molecule has 3 aliphatic carbocycles. The Bertz CT molecular complexity index is 389. The molecule has 5 unspecified atom stereocenters. The summed E-state index contributed by atoms with van der Waals surface area (Å²) in [5.41, 5.74) is -0.701. The van der Waals surface area contributed by atoms with Gasteiger partial charge in [-0.2, -0.15) is 0 Å². The highest BCUT2D eigenvalue weighted by Gasteiger charge is 2.67. The minimum absolute atomic E-state index is 0.298. The van der Waals surface area contributed by atoms with E-state index < -0.39 is 5.60 Å². The molecule has 4 rings (SSSR count). The lowest BCUT2D eigenvalue weighted by atomic mass is 10.00. The van der Waals surface area contributed by atoms with Crippen molar-refractivity contribution in [2.24, 2.45) is 29.6 Å². The van der Waals surface area contributed by atoms with Crippen molar-refractivity contribution < 1.29 is 9.90 Å². The monoisotopic (exact) mass is 264 g/mol. The molecule has 0 aromatic rings. The highest BCUT2D eigenvalue weighted by molar-refractivity contribution is 5.82. The largest absolute Gasteiger partial charge is 0.387 e. The lowest BCUT2D eigenvalue weighted by Crippen LogP contribution is -2.46. The number of nitrogens with one attached hydrogen (secondary N) is 1. The summed E-state index contributed by atoms with van der Waals surface area (Å²) >= 11 is 0. The molecule has 2 N–H and O–H groups in total. The normalized spacial score (nSPS) is 50.3. The maximum absolute atomic E-state index is 12.6. The van der Waals surface area contributed by atoms with Gasteiger partial charge in [0, 0.05) is 19.5 Å². The molecule has 0 radical (unpaired) electrons. The van der Waals surface area contributed by atoms with Gasteiger partial charge < -0.3 is 15.3 Å². The van der Waals surface area contributed by atoms with Gasteiger partial charge in [0.05, 0.1) is 12.1 Å². The molecule has 4 nitrogen and oxygen atoms in total. The number of amides is 1. The second-order valence-corrected chi connectivity index (χ2v) is 7.36. The van der Waals surface area contributed by atoms with Crippen LogP contribution >= 0.6 is 0 Å². The van der Waals surface area contributed by atoms with Crippen LogP contribution in [0.1, 0.15) is 25.7 Å². The van der Waals surface area contributed by atoms with Gasteiger partial charge in [0.2, 0.25) is 5.91 Å². The van der Waals surface area contributed by atoms with Crippen LogP contribution in [0.3, 0.4) is 0 Å². The molecule has 2 bridgehead atoms. The predicted octanol–water partition coefficient (Wildman–Crippen LogP) is 0.461. The molecular formula is C15H24N2O2. The number of hydrogen-bond acceptors (Lipinski definition) is 3. The summed E-state index contributed by atoms with van der Waals surface area (Å²) < 4.78 is 0. The zero-order valence-corrected chi connectivity index (χ0v) is 11.6. The first-order chi connectivity index (χ1) is 9.09. The Kier molecular flexibility index (Phi) is 2.53. The van der Waals surface area contributed by atoms with E-state index in [1.165, 1.54) is 19.3 Å². The van der Waals surface area contributed by atoms with Crippen LogP contribution in [-0.4, -0.2) is 48.2 Å². The van der Waals surface area contributed by atoms with E-state index in [2.05, 4.69) is 5.32 Å². The molecule has 0 aromatic heterocycles. The van der Waals surface area contributed by atoms with Crippen molar-refractivity contribution in [3.8, 4) is 0 Å². The number of likely N-dealkylation sites (N-methyl/N-ethyl adjacent to an activating group) is 1. The van der Waals surface area contributed by atoms with Gasteiger partial charge >= 0.3 is 0 Å². The van der Waals surface area contributed by atoms with E-state index in [-0.39, 0.29) is 0 Å². The van der Waals surface area contributed by atoms with Crippen molar-refractivity contribution in [1.82, 2.24) is 10.2 Å². The Morgan fingerprint density at radius 3 is 2.63 bits per heavy atom. The molecule has 19 heavy (non-hydrogen) atoms. The van der Waals surface area contributed by atoms with Crippen LogP contribution in [0.15, 0.2) is 0 Å². The van der Waals surface area contributed by atoms with Crippen LogP contribution in [0.25, 0.3) is 0 Å². The molecule has 1 heterocycles. The smallest absolute Gasteiger partial charge is 0.226 e. The second kappa shape index (κ2) is 3.95. The van der Waals surface area contributed by atoms with E-state index in [9.17, 15) is 9.90 Å². The molecule has 5 atom stereocenters. The lowest BCUT2D eigenvalue weighted by molar-refractivity contribution is -0.135. The van der Waals surface area contributed by atoms with Crippen LogP contribution in [-0.2, 0) is 4.79 Å². The molecule has 4 fully saturated rings. The Labute approximate surface area is 114 Å². The number of nitrogens with zero attached hydrogens (tertiary/aromatic N) is 1. The number of aliphatic hydroxyl groups is 1. The van der Waals surface area contributed by atoms with Gasteiger partial charge in [-0.15, -0.1) is 0 Å². The minimum atomic E-state index is -0.701. The van der Waals surface area contributed by atoms with Crippen LogP contribution in [0.2, 0.25) is 0 Å². The van der Waals surface area contributed by atoms with E-state index in [0.717, 1.165) is 24.8 Å². The fourth-order valence-corrected chi connectivity index (χ4v) is 5.29. The number of rotatable bonds is 3. The van der Waals surface area contributed by atoms with Crippen molar-refractivity contribution in [3.05, 3.63) is 0 Å². The molecule has 4 heteroatoms. The van der Waals surface area contributed by atoms with Gasteiger partial charge in [0.15, 0.2) is 0 Å². The second-order valence-electron chi connectivity index (χ2n) is 7.36. The topological polar surface area (TPSA) is 52.6 Å². The average Bonchev–Trinajstić information content (AvgIpc) is 2.73. The Morgan fingerprint density at radius 2 is 2.05 bits per heavy atom. The third-order valence-electron chi connectivity index (χ3n) is 6.15. The van der Waals surface area contributed by atoms with E-state index >= 15 is 0 Å². The van der Waals surface area contributed by atoms with Crippen molar-refractivity contribution in [2.45, 2.75) is 31.3 Å². The van der Waals surface area contributed by atoms with Gasteiger partial charge in [0.1, 0.15) is 0 Å². The average molecular weight is 264 g/mol. The van der Waals surface area contributed by atoms with Crippen LogP contribution in [0.5, 0.6) is 0 Å².